The molecule has 0 saturated heterocycles. The highest BCUT2D eigenvalue weighted by atomic mass is 16.3. The van der Waals surface area contributed by atoms with Crippen molar-refractivity contribution in [3.05, 3.63) is 35.4 Å². The van der Waals surface area contributed by atoms with E-state index in [4.69, 9.17) is 0 Å². The number of rotatable bonds is 3. The van der Waals surface area contributed by atoms with Crippen molar-refractivity contribution in [1.29, 1.82) is 0 Å². The van der Waals surface area contributed by atoms with Gasteiger partial charge < -0.3 is 10.0 Å². The van der Waals surface area contributed by atoms with E-state index < -0.39 is 0 Å². The zero-order valence-electron chi connectivity index (χ0n) is 9.85. The van der Waals surface area contributed by atoms with Crippen molar-refractivity contribution in [2.45, 2.75) is 19.3 Å². The summed E-state index contributed by atoms with van der Waals surface area (Å²) in [6, 6.07) is 7.84. The lowest BCUT2D eigenvalue weighted by atomic mass is 9.97. The Morgan fingerprint density at radius 2 is 2.06 bits per heavy atom. The summed E-state index contributed by atoms with van der Waals surface area (Å²) in [7, 11) is 0. The molecule has 90 valence electrons. The van der Waals surface area contributed by atoms with Gasteiger partial charge in [-0.3, -0.25) is 4.79 Å². The summed E-state index contributed by atoms with van der Waals surface area (Å²) in [6.07, 6.45) is 3.03. The minimum atomic E-state index is 0.0158. The third kappa shape index (κ3) is 1.84. The van der Waals surface area contributed by atoms with Gasteiger partial charge in [0, 0.05) is 24.1 Å². The fraction of sp³-hybridized carbons (Fsp3) is 0.500. The molecule has 1 aliphatic carbocycles. The number of hydrogen-bond donors (Lipinski definition) is 1. The average Bonchev–Trinajstić information content (AvgIpc) is 3.14. The number of aliphatic hydroxyl groups excluding tert-OH is 1. The Morgan fingerprint density at radius 3 is 2.76 bits per heavy atom. The van der Waals surface area contributed by atoms with Crippen molar-refractivity contribution in [2.75, 3.05) is 19.7 Å². The number of benzene rings is 1. The van der Waals surface area contributed by atoms with Crippen LogP contribution in [0.4, 0.5) is 0 Å². The van der Waals surface area contributed by atoms with E-state index in [1.165, 1.54) is 0 Å². The molecule has 1 aromatic carbocycles. The van der Waals surface area contributed by atoms with Crippen molar-refractivity contribution in [2.24, 2.45) is 5.41 Å². The molecule has 3 heteroatoms. The van der Waals surface area contributed by atoms with Gasteiger partial charge in [0.25, 0.3) is 5.91 Å². The van der Waals surface area contributed by atoms with Crippen molar-refractivity contribution in [1.82, 2.24) is 4.90 Å². The summed E-state index contributed by atoms with van der Waals surface area (Å²) in [5.74, 6) is 0.131. The van der Waals surface area contributed by atoms with E-state index in [0.717, 1.165) is 43.5 Å². The van der Waals surface area contributed by atoms with Gasteiger partial charge in [-0.1, -0.05) is 18.2 Å². The van der Waals surface area contributed by atoms with Gasteiger partial charge >= 0.3 is 0 Å². The van der Waals surface area contributed by atoms with Gasteiger partial charge in [0.1, 0.15) is 0 Å². The van der Waals surface area contributed by atoms with Gasteiger partial charge in [0.15, 0.2) is 0 Å². The topological polar surface area (TPSA) is 40.5 Å². The SMILES string of the molecule is O=C1c2ccccc2CCN1CC1(CO)CC1. The van der Waals surface area contributed by atoms with E-state index in [-0.39, 0.29) is 17.9 Å². The third-order valence-corrected chi connectivity index (χ3v) is 4.00. The predicted octanol–water partition coefficient (Wildman–Crippen LogP) is 1.46. The number of nitrogens with zero attached hydrogens (tertiary/aromatic N) is 1. The molecule has 1 fully saturated rings. The zero-order chi connectivity index (χ0) is 11.9. The van der Waals surface area contributed by atoms with Crippen molar-refractivity contribution < 1.29 is 9.90 Å². The Balaban J connectivity index is 1.80. The fourth-order valence-electron chi connectivity index (χ4n) is 2.57. The average molecular weight is 231 g/mol. The number of carbonyl (C=O) groups excluding carboxylic acids is 1. The van der Waals surface area contributed by atoms with Gasteiger partial charge in [0.05, 0.1) is 6.61 Å². The minimum Gasteiger partial charge on any atom is -0.396 e. The smallest absolute Gasteiger partial charge is 0.254 e. The van der Waals surface area contributed by atoms with E-state index in [2.05, 4.69) is 0 Å². The number of hydrogen-bond acceptors (Lipinski definition) is 2. The number of fused-ring (bicyclic) bond motifs is 1. The van der Waals surface area contributed by atoms with Gasteiger partial charge in [-0.2, -0.15) is 0 Å². The largest absolute Gasteiger partial charge is 0.396 e. The summed E-state index contributed by atoms with van der Waals surface area (Å²) in [4.78, 5) is 14.2. The maximum absolute atomic E-state index is 12.3. The summed E-state index contributed by atoms with van der Waals surface area (Å²) in [5.41, 5.74) is 2.01. The van der Waals surface area contributed by atoms with Gasteiger partial charge in [0.2, 0.25) is 0 Å². The molecule has 0 radical (unpaired) electrons. The molecule has 3 rings (SSSR count). The summed E-state index contributed by atoms with van der Waals surface area (Å²) < 4.78 is 0. The van der Waals surface area contributed by atoms with Crippen LogP contribution in [0.15, 0.2) is 24.3 Å². The lowest BCUT2D eigenvalue weighted by Gasteiger charge is -2.31. The number of amides is 1. The Morgan fingerprint density at radius 1 is 1.29 bits per heavy atom. The van der Waals surface area contributed by atoms with Crippen LogP contribution in [0.3, 0.4) is 0 Å². The summed E-state index contributed by atoms with van der Waals surface area (Å²) >= 11 is 0. The molecule has 3 nitrogen and oxygen atoms in total. The third-order valence-electron chi connectivity index (χ3n) is 4.00. The second-order valence-electron chi connectivity index (χ2n) is 5.29. The number of aliphatic hydroxyl groups is 1. The van der Waals surface area contributed by atoms with Crippen LogP contribution in [-0.2, 0) is 6.42 Å². The van der Waals surface area contributed by atoms with Gasteiger partial charge in [-0.05, 0) is 30.9 Å². The van der Waals surface area contributed by atoms with Crippen molar-refractivity contribution >= 4 is 5.91 Å². The van der Waals surface area contributed by atoms with Crippen LogP contribution in [0, 0.1) is 5.41 Å². The molecule has 1 aromatic rings. The zero-order valence-corrected chi connectivity index (χ0v) is 9.85. The first-order chi connectivity index (χ1) is 8.24. The van der Waals surface area contributed by atoms with E-state index in [0.29, 0.717) is 0 Å². The molecule has 0 aromatic heterocycles. The van der Waals surface area contributed by atoms with Crippen LogP contribution < -0.4 is 0 Å². The first-order valence-corrected chi connectivity index (χ1v) is 6.22. The van der Waals surface area contributed by atoms with Crippen LogP contribution in [-0.4, -0.2) is 35.6 Å². The van der Waals surface area contributed by atoms with Crippen molar-refractivity contribution in [3.63, 3.8) is 0 Å². The quantitative estimate of drug-likeness (QED) is 0.855. The Labute approximate surface area is 101 Å². The van der Waals surface area contributed by atoms with E-state index >= 15 is 0 Å². The fourth-order valence-corrected chi connectivity index (χ4v) is 2.57. The molecule has 2 aliphatic rings. The predicted molar refractivity (Wildman–Crippen MR) is 64.8 cm³/mol. The molecular weight excluding hydrogens is 214 g/mol. The molecule has 1 N–H and O–H groups in total. The summed E-state index contributed by atoms with van der Waals surface area (Å²) in [5, 5.41) is 9.33. The van der Waals surface area contributed by atoms with Crippen LogP contribution in [0.25, 0.3) is 0 Å². The van der Waals surface area contributed by atoms with E-state index in [1.807, 2.05) is 29.2 Å². The van der Waals surface area contributed by atoms with Gasteiger partial charge in [-0.25, -0.2) is 0 Å². The maximum Gasteiger partial charge on any atom is 0.254 e. The van der Waals surface area contributed by atoms with Crippen LogP contribution in [0.2, 0.25) is 0 Å². The molecule has 0 unspecified atom stereocenters. The normalized spacial score (nSPS) is 21.2. The maximum atomic E-state index is 12.3. The van der Waals surface area contributed by atoms with Gasteiger partial charge in [-0.15, -0.1) is 0 Å². The second-order valence-corrected chi connectivity index (χ2v) is 5.29. The molecule has 0 atom stereocenters. The molecule has 1 aliphatic heterocycles. The molecule has 1 heterocycles. The molecule has 1 saturated carbocycles. The highest BCUT2D eigenvalue weighted by molar-refractivity contribution is 5.96. The number of carbonyl (C=O) groups is 1. The minimum absolute atomic E-state index is 0.0158. The summed E-state index contributed by atoms with van der Waals surface area (Å²) in [6.45, 7) is 1.71. The Hall–Kier alpha value is -1.35. The van der Waals surface area contributed by atoms with E-state index in [1.54, 1.807) is 0 Å². The highest BCUT2D eigenvalue weighted by Crippen LogP contribution is 2.46. The van der Waals surface area contributed by atoms with Crippen LogP contribution >= 0.6 is 0 Å². The second kappa shape index (κ2) is 3.84. The lowest BCUT2D eigenvalue weighted by Crippen LogP contribution is -2.41. The molecule has 1 amide bonds. The molecule has 0 spiro atoms. The van der Waals surface area contributed by atoms with Crippen LogP contribution in [0.1, 0.15) is 28.8 Å². The van der Waals surface area contributed by atoms with Crippen molar-refractivity contribution in [3.8, 4) is 0 Å². The molecular formula is C14H17NO2. The Kier molecular flexibility index (Phi) is 2.44. The standard InChI is InChI=1S/C14H17NO2/c16-10-14(6-7-14)9-15-8-5-11-3-1-2-4-12(11)13(15)17/h1-4,16H,5-10H2. The first-order valence-electron chi connectivity index (χ1n) is 6.22. The molecule has 17 heavy (non-hydrogen) atoms. The highest BCUT2D eigenvalue weighted by Gasteiger charge is 2.44. The van der Waals surface area contributed by atoms with E-state index in [9.17, 15) is 9.90 Å². The lowest BCUT2D eigenvalue weighted by molar-refractivity contribution is 0.0665. The first kappa shape index (κ1) is 10.8. The molecule has 0 bridgehead atoms. The monoisotopic (exact) mass is 231 g/mol. The van der Waals surface area contributed by atoms with Crippen LogP contribution in [0.5, 0.6) is 0 Å². The Bertz CT molecular complexity index is 451.